The molecule has 5 nitrogen and oxygen atoms in total. The van der Waals surface area contributed by atoms with Crippen molar-refractivity contribution >= 4 is 46.6 Å². The highest BCUT2D eigenvalue weighted by Crippen LogP contribution is 2.60. The number of hydrogen-bond donors (Lipinski definition) is 0. The summed E-state index contributed by atoms with van der Waals surface area (Å²) in [5.41, 5.74) is 0.871. The molecule has 0 unspecified atom stereocenters. The highest BCUT2D eigenvalue weighted by Gasteiger charge is 2.60. The van der Waals surface area contributed by atoms with E-state index in [1.54, 1.807) is 16.8 Å². The van der Waals surface area contributed by atoms with Crippen molar-refractivity contribution in [2.24, 2.45) is 0 Å². The molecule has 1 aliphatic heterocycles. The van der Waals surface area contributed by atoms with Gasteiger partial charge in [0, 0.05) is 38.0 Å². The maximum Gasteiger partial charge on any atom is 0.200 e. The summed E-state index contributed by atoms with van der Waals surface area (Å²) >= 11 is 19.8. The van der Waals surface area contributed by atoms with Crippen molar-refractivity contribution in [3.05, 3.63) is 75.0 Å². The van der Waals surface area contributed by atoms with E-state index in [9.17, 15) is 0 Å². The Morgan fingerprint density at radius 3 is 2.74 bits per heavy atom. The van der Waals surface area contributed by atoms with Crippen LogP contribution in [0.1, 0.15) is 17.2 Å². The Morgan fingerprint density at radius 1 is 1.19 bits per heavy atom. The molecule has 2 aromatic carbocycles. The number of rotatable bonds is 5. The number of thiocyanates is 1. The van der Waals surface area contributed by atoms with E-state index in [0.717, 1.165) is 22.9 Å². The maximum absolute atomic E-state index is 8.98. The number of ether oxygens (including phenoxy) is 1. The van der Waals surface area contributed by atoms with Gasteiger partial charge in [-0.2, -0.15) is 10.4 Å². The van der Waals surface area contributed by atoms with Crippen LogP contribution in [0.2, 0.25) is 15.1 Å². The summed E-state index contributed by atoms with van der Waals surface area (Å²) in [7, 11) is 0. The van der Waals surface area contributed by atoms with Crippen molar-refractivity contribution in [3.63, 3.8) is 0 Å². The number of aromatic nitrogens is 3. The molecule has 2 atom stereocenters. The van der Waals surface area contributed by atoms with Crippen LogP contribution in [-0.4, -0.2) is 14.8 Å². The van der Waals surface area contributed by atoms with E-state index in [1.165, 1.54) is 6.33 Å². The first kappa shape index (κ1) is 18.6. The number of hydrogen-bond acceptors (Lipinski definition) is 5. The lowest BCUT2D eigenvalue weighted by atomic mass is 9.91. The molecule has 0 N–H and O–H groups in total. The van der Waals surface area contributed by atoms with Crippen molar-refractivity contribution in [3.8, 4) is 5.40 Å². The molecule has 0 spiro atoms. The van der Waals surface area contributed by atoms with E-state index < -0.39 is 5.60 Å². The van der Waals surface area contributed by atoms with Gasteiger partial charge in [0.05, 0.1) is 6.54 Å². The van der Waals surface area contributed by atoms with Gasteiger partial charge in [0.2, 0.25) is 5.16 Å². The number of nitrogens with zero attached hydrogens (tertiary/aromatic N) is 4. The summed E-state index contributed by atoms with van der Waals surface area (Å²) in [5, 5.41) is 17.4. The van der Waals surface area contributed by atoms with E-state index in [1.807, 2.05) is 35.7 Å². The summed E-state index contributed by atoms with van der Waals surface area (Å²) < 4.78 is 7.83. The molecule has 1 aliphatic rings. The molecule has 3 aromatic rings. The summed E-state index contributed by atoms with van der Waals surface area (Å²) in [6.45, 7) is 0.338. The maximum atomic E-state index is 8.98. The zero-order chi connectivity index (χ0) is 19.0. The second-order valence-electron chi connectivity index (χ2n) is 5.93. The Labute approximate surface area is 174 Å². The first-order valence-electron chi connectivity index (χ1n) is 7.86. The molecule has 1 aromatic heterocycles. The SMILES string of the molecule is N#CSc1ncnn1C[C@]1(c2ccccc2Cl)O[C@@H]1c1ccc(Cl)cc1Cl. The molecule has 27 heavy (non-hydrogen) atoms. The van der Waals surface area contributed by atoms with Crippen LogP contribution < -0.4 is 0 Å². The molecule has 0 saturated carbocycles. The van der Waals surface area contributed by atoms with Gasteiger partial charge in [-0.25, -0.2) is 9.67 Å². The first-order valence-corrected chi connectivity index (χ1v) is 9.82. The molecule has 2 heterocycles. The Morgan fingerprint density at radius 2 is 2.00 bits per heavy atom. The Hall–Kier alpha value is -1.75. The molecule has 1 saturated heterocycles. The second kappa shape index (κ2) is 7.34. The fraction of sp³-hybridized carbons (Fsp3) is 0.167. The number of halogens is 3. The van der Waals surface area contributed by atoms with E-state index in [2.05, 4.69) is 10.1 Å². The van der Waals surface area contributed by atoms with E-state index in [0.29, 0.717) is 26.8 Å². The molecule has 136 valence electrons. The lowest BCUT2D eigenvalue weighted by Gasteiger charge is -2.16. The van der Waals surface area contributed by atoms with Crippen molar-refractivity contribution < 1.29 is 4.74 Å². The van der Waals surface area contributed by atoms with Gasteiger partial charge in [0.15, 0.2) is 0 Å². The minimum absolute atomic E-state index is 0.327. The average Bonchev–Trinajstić information content (AvgIpc) is 3.18. The third-order valence-electron chi connectivity index (χ3n) is 4.37. The lowest BCUT2D eigenvalue weighted by Crippen LogP contribution is -2.21. The number of epoxide rings is 1. The van der Waals surface area contributed by atoms with Crippen molar-refractivity contribution in [1.82, 2.24) is 14.8 Å². The van der Waals surface area contributed by atoms with Crippen molar-refractivity contribution in [2.45, 2.75) is 23.4 Å². The van der Waals surface area contributed by atoms with Gasteiger partial charge in [-0.1, -0.05) is 59.1 Å². The molecular weight excluding hydrogens is 427 g/mol. The molecule has 9 heteroatoms. The minimum Gasteiger partial charge on any atom is -0.354 e. The summed E-state index contributed by atoms with van der Waals surface area (Å²) in [5.74, 6) is 0. The summed E-state index contributed by atoms with van der Waals surface area (Å²) in [4.78, 5) is 4.12. The average molecular weight is 438 g/mol. The molecule has 1 fully saturated rings. The van der Waals surface area contributed by atoms with Gasteiger partial charge < -0.3 is 4.74 Å². The van der Waals surface area contributed by atoms with Crippen LogP contribution in [-0.2, 0) is 16.9 Å². The zero-order valence-electron chi connectivity index (χ0n) is 13.6. The van der Waals surface area contributed by atoms with Crippen LogP contribution in [0.15, 0.2) is 53.9 Å². The normalized spacial score (nSPS) is 21.0. The van der Waals surface area contributed by atoms with E-state index in [4.69, 9.17) is 44.8 Å². The largest absolute Gasteiger partial charge is 0.354 e. The third-order valence-corrected chi connectivity index (χ3v) is 5.85. The topological polar surface area (TPSA) is 67.0 Å². The lowest BCUT2D eigenvalue weighted by molar-refractivity contribution is 0.256. The minimum atomic E-state index is -0.770. The highest BCUT2D eigenvalue weighted by atomic mass is 35.5. The van der Waals surface area contributed by atoms with Crippen molar-refractivity contribution in [1.29, 1.82) is 5.26 Å². The quantitative estimate of drug-likeness (QED) is 0.300. The van der Waals surface area contributed by atoms with Crippen LogP contribution in [0.25, 0.3) is 0 Å². The van der Waals surface area contributed by atoms with E-state index >= 15 is 0 Å². The predicted molar refractivity (Wildman–Crippen MR) is 105 cm³/mol. The Kier molecular flexibility index (Phi) is 5.06. The zero-order valence-corrected chi connectivity index (χ0v) is 16.7. The van der Waals surface area contributed by atoms with Crippen molar-refractivity contribution in [2.75, 3.05) is 0 Å². The predicted octanol–water partition coefficient (Wildman–Crippen LogP) is 5.48. The van der Waals surface area contributed by atoms with Gasteiger partial charge in [-0.3, -0.25) is 0 Å². The Bertz CT molecular complexity index is 1050. The highest BCUT2D eigenvalue weighted by molar-refractivity contribution is 8.03. The van der Waals surface area contributed by atoms with Crippen LogP contribution >= 0.6 is 46.6 Å². The molecule has 0 bridgehead atoms. The molecule has 4 rings (SSSR count). The van der Waals surface area contributed by atoms with Gasteiger partial charge >= 0.3 is 0 Å². The molecule has 0 amide bonds. The fourth-order valence-corrected chi connectivity index (χ4v) is 4.33. The van der Waals surface area contributed by atoms with Crippen LogP contribution in [0.5, 0.6) is 0 Å². The van der Waals surface area contributed by atoms with Gasteiger partial charge in [-0.05, 0) is 18.2 Å². The van der Waals surface area contributed by atoms with Gasteiger partial charge in [0.1, 0.15) is 23.4 Å². The van der Waals surface area contributed by atoms with Crippen LogP contribution in [0, 0.1) is 10.7 Å². The summed E-state index contributed by atoms with van der Waals surface area (Å²) in [6.07, 6.45) is 1.08. The number of nitriles is 1. The van der Waals surface area contributed by atoms with Crippen LogP contribution in [0.3, 0.4) is 0 Å². The smallest absolute Gasteiger partial charge is 0.200 e. The second-order valence-corrected chi connectivity index (χ2v) is 7.93. The number of benzene rings is 2. The monoisotopic (exact) mass is 436 g/mol. The third kappa shape index (κ3) is 3.42. The molecule has 0 aliphatic carbocycles. The summed E-state index contributed by atoms with van der Waals surface area (Å²) in [6, 6.07) is 12.8. The number of thioether (sulfide) groups is 1. The van der Waals surface area contributed by atoms with Gasteiger partial charge in [-0.15, -0.1) is 0 Å². The first-order chi connectivity index (χ1) is 13.0. The van der Waals surface area contributed by atoms with Crippen LogP contribution in [0.4, 0.5) is 0 Å². The van der Waals surface area contributed by atoms with Gasteiger partial charge in [0.25, 0.3) is 0 Å². The standard InChI is InChI=1S/C18H11Cl3N4OS/c19-11-5-6-12(15(21)7-11)16-18(26-16,13-3-1-2-4-14(13)20)8-25-17(27-9-22)23-10-24-25/h1-7,10,16H,8H2/t16-,18-/m1/s1. The fourth-order valence-electron chi connectivity index (χ4n) is 3.12. The Balaban J connectivity index is 1.77. The molecular formula is C18H11Cl3N4OS. The van der Waals surface area contributed by atoms with E-state index in [-0.39, 0.29) is 6.10 Å². The molecule has 0 radical (unpaired) electrons.